The molecule has 17 heavy (non-hydrogen) atoms. The summed E-state index contributed by atoms with van der Waals surface area (Å²) >= 11 is 6.19. The summed E-state index contributed by atoms with van der Waals surface area (Å²) in [6.45, 7) is 0.0790. The van der Waals surface area contributed by atoms with Gasteiger partial charge in [0.2, 0.25) is 0 Å². The fourth-order valence-electron chi connectivity index (χ4n) is 1.72. The van der Waals surface area contributed by atoms with E-state index < -0.39 is 0 Å². The summed E-state index contributed by atoms with van der Waals surface area (Å²) in [5, 5.41) is 9.74. The molecule has 1 aliphatic rings. The molecule has 2 rings (SSSR count). The van der Waals surface area contributed by atoms with Crippen LogP contribution in [0.25, 0.3) is 5.70 Å². The topological polar surface area (TPSA) is 41.8 Å². The summed E-state index contributed by atoms with van der Waals surface area (Å²) in [4.78, 5) is 4.31. The molecule has 1 unspecified atom stereocenters. The van der Waals surface area contributed by atoms with Crippen LogP contribution in [0.1, 0.15) is 12.0 Å². The lowest BCUT2D eigenvalue weighted by Crippen LogP contribution is -2.11. The summed E-state index contributed by atoms with van der Waals surface area (Å²) in [7, 11) is 1.63. The number of aliphatic hydroxyl groups is 1. The average molecular weight is 252 g/mol. The average Bonchev–Trinajstić information content (AvgIpc) is 2.39. The second-order valence-corrected chi connectivity index (χ2v) is 4.36. The molecule has 0 spiro atoms. The van der Waals surface area contributed by atoms with E-state index in [0.717, 1.165) is 17.0 Å². The van der Waals surface area contributed by atoms with Crippen molar-refractivity contribution in [2.75, 3.05) is 13.7 Å². The fraction of sp³-hybridized carbons (Fsp3) is 0.308. The highest BCUT2D eigenvalue weighted by Crippen LogP contribution is 2.31. The third-order valence-electron chi connectivity index (χ3n) is 2.71. The summed E-state index contributed by atoms with van der Waals surface area (Å²) in [5.41, 5.74) is 1.74. The molecule has 0 saturated heterocycles. The fourth-order valence-corrected chi connectivity index (χ4v) is 2.08. The number of aliphatic hydroxyl groups excluding tert-OH is 1. The molecular weight excluding hydrogens is 238 g/mol. The lowest BCUT2D eigenvalue weighted by molar-refractivity contribution is 0.263. The Morgan fingerprint density at radius 2 is 2.12 bits per heavy atom. The molecule has 1 N–H and O–H groups in total. The lowest BCUT2D eigenvalue weighted by Gasteiger charge is -2.16. The second kappa shape index (κ2) is 5.34. The van der Waals surface area contributed by atoms with Crippen LogP contribution in [0, 0.1) is 5.92 Å². The number of benzene rings is 1. The zero-order valence-corrected chi connectivity index (χ0v) is 10.3. The van der Waals surface area contributed by atoms with Crippen LogP contribution >= 0.6 is 11.6 Å². The zero-order valence-electron chi connectivity index (χ0n) is 9.56. The molecule has 1 aromatic carbocycles. The van der Waals surface area contributed by atoms with Crippen LogP contribution in [-0.2, 0) is 0 Å². The summed E-state index contributed by atoms with van der Waals surface area (Å²) in [6.07, 6.45) is 2.40. The first-order valence-electron chi connectivity index (χ1n) is 5.42. The van der Waals surface area contributed by atoms with E-state index in [1.54, 1.807) is 13.3 Å². The molecule has 1 aromatic rings. The van der Waals surface area contributed by atoms with Gasteiger partial charge >= 0.3 is 0 Å². The van der Waals surface area contributed by atoms with Crippen molar-refractivity contribution in [1.82, 2.24) is 0 Å². The molecule has 0 saturated carbocycles. The van der Waals surface area contributed by atoms with Crippen molar-refractivity contribution >= 4 is 23.5 Å². The van der Waals surface area contributed by atoms with Crippen LogP contribution in [0.4, 0.5) is 0 Å². The van der Waals surface area contributed by atoms with Gasteiger partial charge in [-0.15, -0.1) is 0 Å². The minimum Gasteiger partial charge on any atom is -0.497 e. The van der Waals surface area contributed by atoms with Gasteiger partial charge in [-0.1, -0.05) is 11.6 Å². The molecule has 1 heterocycles. The summed E-state index contributed by atoms with van der Waals surface area (Å²) in [6, 6.07) is 7.60. The number of hydrogen-bond acceptors (Lipinski definition) is 3. The highest BCUT2D eigenvalue weighted by atomic mass is 35.5. The van der Waals surface area contributed by atoms with Gasteiger partial charge in [0.05, 0.1) is 19.4 Å². The monoisotopic (exact) mass is 251 g/mol. The van der Waals surface area contributed by atoms with Gasteiger partial charge in [-0.25, -0.2) is 0 Å². The van der Waals surface area contributed by atoms with Gasteiger partial charge in [-0.3, -0.25) is 4.99 Å². The van der Waals surface area contributed by atoms with Gasteiger partial charge in [0.1, 0.15) is 5.75 Å². The number of rotatable bonds is 3. The quantitative estimate of drug-likeness (QED) is 0.898. The van der Waals surface area contributed by atoms with Crippen molar-refractivity contribution in [1.29, 1.82) is 0 Å². The predicted molar refractivity (Wildman–Crippen MR) is 69.5 cm³/mol. The predicted octanol–water partition coefficient (Wildman–Crippen LogP) is 2.69. The van der Waals surface area contributed by atoms with Crippen LogP contribution in [0.5, 0.6) is 5.75 Å². The molecule has 90 valence electrons. The molecule has 0 fully saturated rings. The van der Waals surface area contributed by atoms with E-state index in [4.69, 9.17) is 21.4 Å². The van der Waals surface area contributed by atoms with Crippen molar-refractivity contribution in [2.45, 2.75) is 6.42 Å². The minimum atomic E-state index is 0.0319. The maximum Gasteiger partial charge on any atom is 0.118 e. The Bertz CT molecular complexity index is 451. The van der Waals surface area contributed by atoms with Gasteiger partial charge in [0.15, 0.2) is 0 Å². The Morgan fingerprint density at radius 3 is 2.65 bits per heavy atom. The third-order valence-corrected chi connectivity index (χ3v) is 3.04. The van der Waals surface area contributed by atoms with E-state index in [1.165, 1.54) is 0 Å². The maximum atomic E-state index is 9.04. The Morgan fingerprint density at radius 1 is 1.41 bits per heavy atom. The van der Waals surface area contributed by atoms with Gasteiger partial charge in [-0.05, 0) is 30.7 Å². The Labute approximate surface area is 105 Å². The van der Waals surface area contributed by atoms with Gasteiger partial charge in [0, 0.05) is 22.7 Å². The van der Waals surface area contributed by atoms with Crippen LogP contribution < -0.4 is 4.74 Å². The first kappa shape index (κ1) is 12.1. The van der Waals surface area contributed by atoms with Crippen molar-refractivity contribution in [3.63, 3.8) is 0 Å². The van der Waals surface area contributed by atoms with E-state index in [9.17, 15) is 0 Å². The first-order chi connectivity index (χ1) is 8.24. The number of allylic oxidation sites excluding steroid dienone is 1. The van der Waals surface area contributed by atoms with E-state index in [1.807, 2.05) is 24.3 Å². The maximum absolute atomic E-state index is 9.04. The Balaban J connectivity index is 2.25. The first-order valence-corrected chi connectivity index (χ1v) is 5.80. The minimum absolute atomic E-state index is 0.0319. The number of nitrogens with zero attached hydrogens (tertiary/aromatic N) is 1. The second-order valence-electron chi connectivity index (χ2n) is 3.91. The van der Waals surface area contributed by atoms with Gasteiger partial charge in [0.25, 0.3) is 0 Å². The number of methoxy groups -OCH3 is 1. The largest absolute Gasteiger partial charge is 0.497 e. The smallest absolute Gasteiger partial charge is 0.118 e. The molecule has 1 atom stereocenters. The van der Waals surface area contributed by atoms with E-state index in [-0.39, 0.29) is 12.5 Å². The van der Waals surface area contributed by atoms with Crippen LogP contribution in [0.2, 0.25) is 0 Å². The highest BCUT2D eigenvalue weighted by molar-refractivity contribution is 6.33. The number of ether oxygens (including phenoxy) is 1. The third kappa shape index (κ3) is 2.68. The van der Waals surface area contributed by atoms with E-state index >= 15 is 0 Å². The molecular formula is C13H14ClNO2. The van der Waals surface area contributed by atoms with Crippen LogP contribution in [0.3, 0.4) is 0 Å². The van der Waals surface area contributed by atoms with Crippen LogP contribution in [0.15, 0.2) is 34.3 Å². The van der Waals surface area contributed by atoms with Crippen molar-refractivity contribution in [3.05, 3.63) is 34.9 Å². The Kier molecular flexibility index (Phi) is 3.82. The molecule has 0 aliphatic carbocycles. The Hall–Kier alpha value is -1.32. The highest BCUT2D eigenvalue weighted by Gasteiger charge is 2.16. The van der Waals surface area contributed by atoms with Crippen molar-refractivity contribution in [3.8, 4) is 5.75 Å². The standard InChI is InChI=1S/C13H14ClNO2/c1-17-11-4-2-10(3-5-11)13-12(14)6-9(8-16)7-15-13/h2-5,7,9,16H,6,8H2,1H3. The number of hydrogen-bond donors (Lipinski definition) is 1. The SMILES string of the molecule is COc1ccc(C2=C(Cl)CC(CO)C=N2)cc1. The normalized spacial score (nSPS) is 19.6. The van der Waals surface area contributed by atoms with E-state index in [2.05, 4.69) is 4.99 Å². The molecule has 0 radical (unpaired) electrons. The summed E-state index contributed by atoms with van der Waals surface area (Å²) in [5.74, 6) is 0.836. The summed E-state index contributed by atoms with van der Waals surface area (Å²) < 4.78 is 5.10. The van der Waals surface area contributed by atoms with Gasteiger partial charge < -0.3 is 9.84 Å². The van der Waals surface area contributed by atoms with Crippen molar-refractivity contribution < 1.29 is 9.84 Å². The molecule has 0 aromatic heterocycles. The number of halogens is 1. The molecule has 0 bridgehead atoms. The van der Waals surface area contributed by atoms with Gasteiger partial charge in [-0.2, -0.15) is 0 Å². The van der Waals surface area contributed by atoms with Crippen molar-refractivity contribution in [2.24, 2.45) is 10.9 Å². The number of aliphatic imine (C=N–C) groups is 1. The molecule has 0 amide bonds. The molecule has 3 nitrogen and oxygen atoms in total. The zero-order chi connectivity index (χ0) is 12.3. The lowest BCUT2D eigenvalue weighted by atomic mass is 10.0. The molecule has 4 heteroatoms. The van der Waals surface area contributed by atoms with E-state index in [0.29, 0.717) is 11.5 Å². The molecule has 1 aliphatic heterocycles. The van der Waals surface area contributed by atoms with Crippen LogP contribution in [-0.4, -0.2) is 25.0 Å².